The van der Waals surface area contributed by atoms with Crippen LogP contribution in [0.2, 0.25) is 0 Å². The van der Waals surface area contributed by atoms with Gasteiger partial charge in [0.15, 0.2) is 0 Å². The van der Waals surface area contributed by atoms with Crippen LogP contribution in [0.3, 0.4) is 0 Å². The third-order valence-corrected chi connectivity index (χ3v) is 3.70. The third-order valence-electron chi connectivity index (χ3n) is 3.70. The molecule has 0 radical (unpaired) electrons. The zero-order valence-corrected chi connectivity index (χ0v) is 11.7. The fraction of sp³-hybridized carbons (Fsp3) is 0.176. The van der Waals surface area contributed by atoms with Gasteiger partial charge >= 0.3 is 0 Å². The highest BCUT2D eigenvalue weighted by molar-refractivity contribution is 5.82. The number of aromatic nitrogens is 2. The number of aryl methyl sites for hydroxylation is 1. The molecular weight excluding hydrogens is 260 g/mol. The largest absolute Gasteiger partial charge is 0.271 e. The molecule has 1 atom stereocenters. The van der Waals surface area contributed by atoms with Crippen molar-refractivity contribution in [2.24, 2.45) is 5.84 Å². The summed E-state index contributed by atoms with van der Waals surface area (Å²) in [6.07, 6.45) is 7.35. The van der Waals surface area contributed by atoms with E-state index in [0.717, 1.165) is 23.7 Å². The quantitative estimate of drug-likeness (QED) is 0.556. The van der Waals surface area contributed by atoms with Gasteiger partial charge in [0, 0.05) is 30.0 Å². The number of hydrogen-bond donors (Lipinski definition) is 2. The minimum absolute atomic E-state index is 0.0955. The van der Waals surface area contributed by atoms with E-state index in [2.05, 4.69) is 33.6 Å². The van der Waals surface area contributed by atoms with Gasteiger partial charge in [-0.3, -0.25) is 21.2 Å². The van der Waals surface area contributed by atoms with Gasteiger partial charge in [0.1, 0.15) is 0 Å². The van der Waals surface area contributed by atoms with Crippen LogP contribution in [-0.2, 0) is 6.42 Å². The SMILES string of the molecule is NNC(CCc1cccnc1)c1cccc2ncccc12. The van der Waals surface area contributed by atoms with Gasteiger partial charge in [-0.1, -0.05) is 24.3 Å². The standard InChI is InChI=1S/C17H18N4/c18-21-17(9-8-13-4-2-10-19-12-13)15-5-1-7-16-14(15)6-3-11-20-16/h1-7,10-12,17,21H,8-9,18H2. The van der Waals surface area contributed by atoms with Gasteiger partial charge in [-0.25, -0.2) is 0 Å². The molecule has 0 bridgehead atoms. The van der Waals surface area contributed by atoms with Crippen LogP contribution in [0.1, 0.15) is 23.6 Å². The number of benzene rings is 1. The number of hydrogen-bond acceptors (Lipinski definition) is 4. The van der Waals surface area contributed by atoms with Crippen LogP contribution < -0.4 is 11.3 Å². The molecule has 4 nitrogen and oxygen atoms in total. The number of nitrogens with one attached hydrogen (secondary N) is 1. The lowest BCUT2D eigenvalue weighted by molar-refractivity contribution is 0.519. The van der Waals surface area contributed by atoms with E-state index in [4.69, 9.17) is 5.84 Å². The van der Waals surface area contributed by atoms with E-state index in [-0.39, 0.29) is 6.04 Å². The number of pyridine rings is 2. The van der Waals surface area contributed by atoms with Gasteiger partial charge in [0.2, 0.25) is 0 Å². The summed E-state index contributed by atoms with van der Waals surface area (Å²) in [4.78, 5) is 8.55. The molecule has 0 saturated heterocycles. The second kappa shape index (κ2) is 6.43. The molecule has 0 aliphatic carbocycles. The van der Waals surface area contributed by atoms with Crippen LogP contribution in [0, 0.1) is 0 Å². The van der Waals surface area contributed by atoms with E-state index in [1.165, 1.54) is 11.1 Å². The highest BCUT2D eigenvalue weighted by atomic mass is 15.2. The van der Waals surface area contributed by atoms with Crippen molar-refractivity contribution in [1.82, 2.24) is 15.4 Å². The summed E-state index contributed by atoms with van der Waals surface area (Å²) in [5.74, 6) is 5.77. The molecule has 3 aromatic rings. The molecule has 4 heteroatoms. The van der Waals surface area contributed by atoms with Crippen molar-refractivity contribution >= 4 is 10.9 Å². The van der Waals surface area contributed by atoms with E-state index in [1.54, 1.807) is 6.20 Å². The maximum Gasteiger partial charge on any atom is 0.0705 e. The van der Waals surface area contributed by atoms with E-state index in [0.29, 0.717) is 0 Å². The normalized spacial score (nSPS) is 12.4. The Hall–Kier alpha value is -2.30. The van der Waals surface area contributed by atoms with Crippen molar-refractivity contribution in [3.63, 3.8) is 0 Å². The second-order valence-electron chi connectivity index (χ2n) is 5.04. The van der Waals surface area contributed by atoms with E-state index in [1.807, 2.05) is 36.7 Å². The topological polar surface area (TPSA) is 63.8 Å². The molecule has 2 heterocycles. The first-order chi connectivity index (χ1) is 10.4. The summed E-state index contributed by atoms with van der Waals surface area (Å²) >= 11 is 0. The lowest BCUT2D eigenvalue weighted by atomic mass is 9.96. The van der Waals surface area contributed by atoms with Crippen LogP contribution in [0.15, 0.2) is 61.1 Å². The Labute approximate surface area is 124 Å². The fourth-order valence-electron chi connectivity index (χ4n) is 2.62. The molecule has 106 valence electrons. The highest BCUT2D eigenvalue weighted by Crippen LogP contribution is 2.25. The molecule has 0 amide bonds. The molecular formula is C17H18N4. The number of nitrogens with two attached hydrogens (primary N) is 1. The summed E-state index contributed by atoms with van der Waals surface area (Å²) < 4.78 is 0. The number of nitrogens with zero attached hydrogens (tertiary/aromatic N) is 2. The molecule has 0 fully saturated rings. The number of hydrazine groups is 1. The Morgan fingerprint density at radius 2 is 1.95 bits per heavy atom. The Kier molecular flexibility index (Phi) is 4.19. The molecule has 2 aromatic heterocycles. The van der Waals surface area contributed by atoms with Crippen molar-refractivity contribution in [2.75, 3.05) is 0 Å². The van der Waals surface area contributed by atoms with Crippen molar-refractivity contribution in [1.29, 1.82) is 0 Å². The predicted molar refractivity (Wildman–Crippen MR) is 84.4 cm³/mol. The zero-order chi connectivity index (χ0) is 14.5. The highest BCUT2D eigenvalue weighted by Gasteiger charge is 2.13. The van der Waals surface area contributed by atoms with Gasteiger partial charge < -0.3 is 0 Å². The molecule has 0 aliphatic rings. The summed E-state index contributed by atoms with van der Waals surface area (Å²) in [6, 6.07) is 14.3. The number of fused-ring (bicyclic) bond motifs is 1. The first-order valence-corrected chi connectivity index (χ1v) is 7.07. The van der Waals surface area contributed by atoms with Crippen LogP contribution in [-0.4, -0.2) is 9.97 Å². The van der Waals surface area contributed by atoms with Crippen LogP contribution in [0.4, 0.5) is 0 Å². The molecule has 0 saturated carbocycles. The Morgan fingerprint density at radius 1 is 1.05 bits per heavy atom. The van der Waals surface area contributed by atoms with Gasteiger partial charge in [0.25, 0.3) is 0 Å². The van der Waals surface area contributed by atoms with Crippen molar-refractivity contribution in [3.8, 4) is 0 Å². The molecule has 3 N–H and O–H groups in total. The summed E-state index contributed by atoms with van der Waals surface area (Å²) in [5.41, 5.74) is 6.34. The molecule has 0 aliphatic heterocycles. The van der Waals surface area contributed by atoms with Gasteiger partial charge in [0.05, 0.1) is 5.52 Å². The molecule has 0 spiro atoms. The summed E-state index contributed by atoms with van der Waals surface area (Å²) in [5, 5.41) is 1.15. The Morgan fingerprint density at radius 3 is 2.76 bits per heavy atom. The molecule has 3 rings (SSSR count). The monoisotopic (exact) mass is 278 g/mol. The first kappa shape index (κ1) is 13.7. The Bertz CT molecular complexity index is 707. The van der Waals surface area contributed by atoms with Crippen molar-refractivity contribution in [3.05, 3.63) is 72.2 Å². The van der Waals surface area contributed by atoms with E-state index in [9.17, 15) is 0 Å². The summed E-state index contributed by atoms with van der Waals surface area (Å²) in [7, 11) is 0. The van der Waals surface area contributed by atoms with Crippen molar-refractivity contribution < 1.29 is 0 Å². The zero-order valence-electron chi connectivity index (χ0n) is 11.7. The smallest absolute Gasteiger partial charge is 0.0705 e. The molecule has 1 aromatic carbocycles. The lowest BCUT2D eigenvalue weighted by Crippen LogP contribution is -2.28. The minimum atomic E-state index is 0.0955. The molecule has 1 unspecified atom stereocenters. The van der Waals surface area contributed by atoms with Crippen LogP contribution in [0.25, 0.3) is 10.9 Å². The molecule has 21 heavy (non-hydrogen) atoms. The first-order valence-electron chi connectivity index (χ1n) is 7.07. The van der Waals surface area contributed by atoms with Gasteiger partial charge in [-0.05, 0) is 42.2 Å². The van der Waals surface area contributed by atoms with Gasteiger partial charge in [-0.2, -0.15) is 0 Å². The number of rotatable bonds is 5. The Balaban J connectivity index is 1.85. The average Bonchev–Trinajstić information content (AvgIpc) is 2.56. The van der Waals surface area contributed by atoms with E-state index >= 15 is 0 Å². The maximum atomic E-state index is 5.77. The minimum Gasteiger partial charge on any atom is -0.271 e. The van der Waals surface area contributed by atoms with Crippen molar-refractivity contribution in [2.45, 2.75) is 18.9 Å². The second-order valence-corrected chi connectivity index (χ2v) is 5.04. The van der Waals surface area contributed by atoms with Crippen LogP contribution >= 0.6 is 0 Å². The maximum absolute atomic E-state index is 5.77. The fourth-order valence-corrected chi connectivity index (χ4v) is 2.62. The van der Waals surface area contributed by atoms with E-state index < -0.39 is 0 Å². The van der Waals surface area contributed by atoms with Crippen LogP contribution in [0.5, 0.6) is 0 Å². The lowest BCUT2D eigenvalue weighted by Gasteiger charge is -2.18. The average molecular weight is 278 g/mol. The third kappa shape index (κ3) is 3.07. The van der Waals surface area contributed by atoms with Gasteiger partial charge in [-0.15, -0.1) is 0 Å². The predicted octanol–water partition coefficient (Wildman–Crippen LogP) is 2.77. The summed E-state index contributed by atoms with van der Waals surface area (Å²) in [6.45, 7) is 0.